The zero-order valence-corrected chi connectivity index (χ0v) is 10.2. The van der Waals surface area contributed by atoms with Gasteiger partial charge in [0.2, 0.25) is 11.8 Å². The van der Waals surface area contributed by atoms with Crippen molar-refractivity contribution in [3.63, 3.8) is 0 Å². The van der Waals surface area contributed by atoms with E-state index < -0.39 is 5.54 Å². The van der Waals surface area contributed by atoms with E-state index in [0.29, 0.717) is 0 Å². The molecule has 1 N–H and O–H groups in total. The Hall–Kier alpha value is -1.06. The van der Waals surface area contributed by atoms with Crippen molar-refractivity contribution in [2.75, 3.05) is 6.54 Å². The molecule has 2 aliphatic rings. The molecule has 2 fully saturated rings. The van der Waals surface area contributed by atoms with Gasteiger partial charge < -0.3 is 10.2 Å². The Balaban J connectivity index is 2.06. The molecule has 0 radical (unpaired) electrons. The average Bonchev–Trinajstić information content (AvgIpc) is 2.94. The maximum absolute atomic E-state index is 12.1. The number of hydrogen-bond acceptors (Lipinski definition) is 2. The van der Waals surface area contributed by atoms with Crippen molar-refractivity contribution in [2.45, 2.75) is 51.6 Å². The summed E-state index contributed by atoms with van der Waals surface area (Å²) in [6.45, 7) is 5.80. The maximum atomic E-state index is 12.1. The lowest BCUT2D eigenvalue weighted by atomic mass is 9.98. The Labute approximate surface area is 96.4 Å². The fourth-order valence-corrected chi connectivity index (χ4v) is 2.35. The lowest BCUT2D eigenvalue weighted by Crippen LogP contribution is -2.65. The number of piperazine rings is 1. The van der Waals surface area contributed by atoms with E-state index in [2.05, 4.69) is 5.32 Å². The van der Waals surface area contributed by atoms with E-state index in [1.54, 1.807) is 18.7 Å². The molecule has 1 heterocycles. The van der Waals surface area contributed by atoms with Crippen LogP contribution in [0.5, 0.6) is 0 Å². The normalized spacial score (nSPS) is 26.6. The smallest absolute Gasteiger partial charge is 0.248 e. The van der Waals surface area contributed by atoms with Gasteiger partial charge in [-0.3, -0.25) is 9.59 Å². The van der Waals surface area contributed by atoms with Gasteiger partial charge in [0.15, 0.2) is 0 Å². The molecule has 4 heteroatoms. The predicted octanol–water partition coefficient (Wildman–Crippen LogP) is 0.912. The Morgan fingerprint density at radius 3 is 2.62 bits per heavy atom. The zero-order valence-electron chi connectivity index (χ0n) is 10.2. The molecular formula is C12H20N2O2. The summed E-state index contributed by atoms with van der Waals surface area (Å²) in [5, 5.41) is 2.73. The van der Waals surface area contributed by atoms with Crippen LogP contribution >= 0.6 is 0 Å². The minimum Gasteiger partial charge on any atom is -0.341 e. The summed E-state index contributed by atoms with van der Waals surface area (Å²) < 4.78 is 0. The van der Waals surface area contributed by atoms with Gasteiger partial charge >= 0.3 is 0 Å². The molecule has 1 aliphatic heterocycles. The third kappa shape index (κ3) is 2.20. The Kier molecular flexibility index (Phi) is 2.68. The first-order valence-corrected chi connectivity index (χ1v) is 6.02. The fraction of sp³-hybridized carbons (Fsp3) is 0.833. The molecule has 1 saturated heterocycles. The van der Waals surface area contributed by atoms with Crippen LogP contribution in [-0.4, -0.2) is 34.8 Å². The molecule has 0 bridgehead atoms. The summed E-state index contributed by atoms with van der Waals surface area (Å²) in [6.07, 6.45) is 3.60. The molecule has 2 amide bonds. The number of amides is 2. The first-order chi connectivity index (χ1) is 7.40. The highest BCUT2D eigenvalue weighted by Crippen LogP contribution is 2.35. The molecular weight excluding hydrogens is 204 g/mol. The second-order valence-corrected chi connectivity index (χ2v) is 5.63. The predicted molar refractivity (Wildman–Crippen MR) is 60.7 cm³/mol. The van der Waals surface area contributed by atoms with E-state index in [-0.39, 0.29) is 24.4 Å². The summed E-state index contributed by atoms with van der Waals surface area (Å²) in [7, 11) is 0. The van der Waals surface area contributed by atoms with Gasteiger partial charge in [-0.05, 0) is 33.1 Å². The molecule has 1 aliphatic carbocycles. The number of nitrogens with one attached hydrogen (secondary N) is 1. The molecule has 16 heavy (non-hydrogen) atoms. The molecule has 0 aromatic rings. The van der Waals surface area contributed by atoms with Crippen LogP contribution in [0.15, 0.2) is 0 Å². The molecule has 90 valence electrons. The van der Waals surface area contributed by atoms with Crippen LogP contribution < -0.4 is 5.32 Å². The van der Waals surface area contributed by atoms with Crippen LogP contribution in [0.2, 0.25) is 0 Å². The van der Waals surface area contributed by atoms with E-state index in [1.165, 1.54) is 12.8 Å². The highest BCUT2D eigenvalue weighted by molar-refractivity contribution is 5.97. The van der Waals surface area contributed by atoms with Gasteiger partial charge in [0.25, 0.3) is 0 Å². The lowest BCUT2D eigenvalue weighted by molar-refractivity contribution is -0.150. The molecule has 4 nitrogen and oxygen atoms in total. The largest absolute Gasteiger partial charge is 0.341 e. The molecule has 0 aromatic heterocycles. The third-order valence-electron chi connectivity index (χ3n) is 3.46. The van der Waals surface area contributed by atoms with Gasteiger partial charge in [-0.2, -0.15) is 0 Å². The second kappa shape index (κ2) is 3.75. The second-order valence-electron chi connectivity index (χ2n) is 5.63. The Morgan fingerprint density at radius 1 is 1.44 bits per heavy atom. The average molecular weight is 224 g/mol. The SMILES string of the molecule is CC(CC1CC1)N1CC(=O)NC(C)(C)C1=O. The first kappa shape index (κ1) is 11.4. The zero-order chi connectivity index (χ0) is 11.9. The quantitative estimate of drug-likeness (QED) is 0.774. The summed E-state index contributed by atoms with van der Waals surface area (Å²) >= 11 is 0. The van der Waals surface area contributed by atoms with E-state index in [0.717, 1.165) is 12.3 Å². The summed E-state index contributed by atoms with van der Waals surface area (Å²) in [5.41, 5.74) is -0.743. The van der Waals surface area contributed by atoms with E-state index in [4.69, 9.17) is 0 Å². The first-order valence-electron chi connectivity index (χ1n) is 6.02. The van der Waals surface area contributed by atoms with Crippen molar-refractivity contribution >= 4 is 11.8 Å². The number of nitrogens with zero attached hydrogens (tertiary/aromatic N) is 1. The molecule has 0 spiro atoms. The van der Waals surface area contributed by atoms with Crippen molar-refractivity contribution < 1.29 is 9.59 Å². The number of rotatable bonds is 3. The third-order valence-corrected chi connectivity index (χ3v) is 3.46. The minimum atomic E-state index is -0.743. The highest BCUT2D eigenvalue weighted by Gasteiger charge is 2.41. The summed E-state index contributed by atoms with van der Waals surface area (Å²) in [5.74, 6) is 0.767. The van der Waals surface area contributed by atoms with Gasteiger partial charge in [-0.15, -0.1) is 0 Å². The van der Waals surface area contributed by atoms with Crippen LogP contribution in [0.3, 0.4) is 0 Å². The fourth-order valence-electron chi connectivity index (χ4n) is 2.35. The topological polar surface area (TPSA) is 49.4 Å². The molecule has 0 aromatic carbocycles. The Morgan fingerprint density at radius 2 is 2.06 bits per heavy atom. The standard InChI is InChI=1S/C12H20N2O2/c1-8(6-9-4-5-9)14-7-10(15)13-12(2,3)11(14)16/h8-9H,4-7H2,1-3H3,(H,13,15). The van der Waals surface area contributed by atoms with Crippen LogP contribution in [0, 0.1) is 5.92 Å². The highest BCUT2D eigenvalue weighted by atomic mass is 16.2. The van der Waals surface area contributed by atoms with Crippen molar-refractivity contribution in [1.82, 2.24) is 10.2 Å². The van der Waals surface area contributed by atoms with Gasteiger partial charge in [-0.25, -0.2) is 0 Å². The number of carbonyl (C=O) groups is 2. The van der Waals surface area contributed by atoms with Gasteiger partial charge in [0.05, 0.1) is 6.54 Å². The Bertz CT molecular complexity index is 321. The van der Waals surface area contributed by atoms with Crippen LogP contribution in [0.1, 0.15) is 40.0 Å². The lowest BCUT2D eigenvalue weighted by Gasteiger charge is -2.40. The summed E-state index contributed by atoms with van der Waals surface area (Å²) in [4.78, 5) is 25.4. The molecule has 1 atom stereocenters. The monoisotopic (exact) mass is 224 g/mol. The van der Waals surface area contributed by atoms with E-state index in [1.807, 2.05) is 6.92 Å². The van der Waals surface area contributed by atoms with Crippen molar-refractivity contribution in [3.8, 4) is 0 Å². The molecule has 1 unspecified atom stereocenters. The van der Waals surface area contributed by atoms with Crippen molar-refractivity contribution in [1.29, 1.82) is 0 Å². The summed E-state index contributed by atoms with van der Waals surface area (Å²) in [6, 6.07) is 0.185. The van der Waals surface area contributed by atoms with Gasteiger partial charge in [-0.1, -0.05) is 12.8 Å². The van der Waals surface area contributed by atoms with Crippen LogP contribution in [-0.2, 0) is 9.59 Å². The van der Waals surface area contributed by atoms with E-state index in [9.17, 15) is 9.59 Å². The van der Waals surface area contributed by atoms with E-state index >= 15 is 0 Å². The van der Waals surface area contributed by atoms with Crippen molar-refractivity contribution in [2.24, 2.45) is 5.92 Å². The molecule has 1 saturated carbocycles. The number of hydrogen-bond donors (Lipinski definition) is 1. The van der Waals surface area contributed by atoms with Crippen LogP contribution in [0.4, 0.5) is 0 Å². The van der Waals surface area contributed by atoms with Crippen molar-refractivity contribution in [3.05, 3.63) is 0 Å². The minimum absolute atomic E-state index is 0.0419. The van der Waals surface area contributed by atoms with Gasteiger partial charge in [0, 0.05) is 6.04 Å². The molecule has 2 rings (SSSR count). The maximum Gasteiger partial charge on any atom is 0.248 e. The number of carbonyl (C=O) groups excluding carboxylic acids is 2. The van der Waals surface area contributed by atoms with Gasteiger partial charge in [0.1, 0.15) is 5.54 Å². The van der Waals surface area contributed by atoms with Crippen LogP contribution in [0.25, 0.3) is 0 Å².